The minimum atomic E-state index is -0.421. The summed E-state index contributed by atoms with van der Waals surface area (Å²) in [6.45, 7) is 1.85. The number of nitrogens with two attached hydrogens (primary N) is 1. The molecule has 2 heterocycles. The maximum absolute atomic E-state index is 11.1. The number of fused-ring (bicyclic) bond motifs is 5. The average Bonchev–Trinajstić information content (AvgIpc) is 2.82. The van der Waals surface area contributed by atoms with Gasteiger partial charge in [0.1, 0.15) is 5.82 Å². The van der Waals surface area contributed by atoms with E-state index in [1.54, 1.807) is 12.1 Å². The molecule has 0 atom stereocenters. The summed E-state index contributed by atoms with van der Waals surface area (Å²) in [7, 11) is 0. The lowest BCUT2D eigenvalue weighted by Crippen LogP contribution is -1.97. The maximum atomic E-state index is 11.1. The molecule has 0 unspecified atom stereocenters. The number of hydrogen-bond acceptors (Lipinski definition) is 4. The number of halogens is 1. The molecule has 0 amide bonds. The van der Waals surface area contributed by atoms with Gasteiger partial charge >= 0.3 is 0 Å². The van der Waals surface area contributed by atoms with Crippen molar-refractivity contribution in [1.29, 1.82) is 0 Å². The van der Waals surface area contributed by atoms with Crippen LogP contribution in [0.3, 0.4) is 0 Å². The third-order valence-corrected chi connectivity index (χ3v) is 4.26. The predicted molar refractivity (Wildman–Crippen MR) is 91.0 cm³/mol. The van der Waals surface area contributed by atoms with E-state index in [2.05, 4.69) is 4.98 Å². The van der Waals surface area contributed by atoms with E-state index in [-0.39, 0.29) is 5.69 Å². The topological polar surface area (TPSA) is 86.5 Å². The first-order valence-corrected chi connectivity index (χ1v) is 7.29. The van der Waals surface area contributed by atoms with Crippen LogP contribution >= 0.6 is 11.6 Å². The standard InChI is InChI=1S/C16H11ClN4O2/c1-8-19-13-5-2-9(17)6-12(13)16-15(18)11-4-3-10(21(22)23)7-14(11)20(8)16/h2-7H,18H2,1H3. The highest BCUT2D eigenvalue weighted by Crippen LogP contribution is 2.36. The van der Waals surface area contributed by atoms with Crippen LogP contribution in [0.25, 0.3) is 27.3 Å². The molecule has 0 radical (unpaired) electrons. The lowest BCUT2D eigenvalue weighted by molar-refractivity contribution is -0.384. The minimum absolute atomic E-state index is 0.0162. The summed E-state index contributed by atoms with van der Waals surface area (Å²) in [5.41, 5.74) is 9.12. The predicted octanol–water partition coefficient (Wildman–Crippen LogP) is 4.09. The van der Waals surface area contributed by atoms with Crippen molar-refractivity contribution < 1.29 is 4.92 Å². The van der Waals surface area contributed by atoms with Crippen LogP contribution < -0.4 is 5.73 Å². The first-order valence-electron chi connectivity index (χ1n) is 6.91. The number of anilines is 1. The molecule has 6 nitrogen and oxygen atoms in total. The number of nitro benzene ring substituents is 1. The highest BCUT2D eigenvalue weighted by molar-refractivity contribution is 6.31. The number of nitrogen functional groups attached to an aromatic ring is 1. The monoisotopic (exact) mass is 326 g/mol. The number of nitrogens with zero attached hydrogens (tertiary/aromatic N) is 3. The normalized spacial score (nSPS) is 11.6. The lowest BCUT2D eigenvalue weighted by Gasteiger charge is -2.07. The molecular formula is C16H11ClN4O2. The van der Waals surface area contributed by atoms with Crippen LogP contribution in [-0.4, -0.2) is 14.3 Å². The van der Waals surface area contributed by atoms with Crippen LogP contribution in [0.15, 0.2) is 36.4 Å². The largest absolute Gasteiger partial charge is 0.396 e. The number of rotatable bonds is 1. The highest BCUT2D eigenvalue weighted by Gasteiger charge is 2.18. The van der Waals surface area contributed by atoms with E-state index < -0.39 is 4.92 Å². The number of nitro groups is 1. The van der Waals surface area contributed by atoms with Gasteiger partial charge in [-0.25, -0.2) is 4.98 Å². The zero-order valence-electron chi connectivity index (χ0n) is 12.1. The Morgan fingerprint density at radius 3 is 2.74 bits per heavy atom. The van der Waals surface area contributed by atoms with E-state index in [4.69, 9.17) is 17.3 Å². The summed E-state index contributed by atoms with van der Waals surface area (Å²) in [4.78, 5) is 15.2. The Balaban J connectivity index is 2.30. The van der Waals surface area contributed by atoms with E-state index >= 15 is 0 Å². The number of aromatic nitrogens is 2. The molecule has 0 aliphatic heterocycles. The molecule has 4 aromatic rings. The van der Waals surface area contributed by atoms with Crippen LogP contribution in [0.1, 0.15) is 5.82 Å². The lowest BCUT2D eigenvalue weighted by atomic mass is 10.1. The molecule has 0 aliphatic carbocycles. The molecule has 2 aromatic carbocycles. The van der Waals surface area contributed by atoms with Gasteiger partial charge in [0.2, 0.25) is 0 Å². The van der Waals surface area contributed by atoms with E-state index in [1.807, 2.05) is 23.5 Å². The first kappa shape index (κ1) is 13.8. The summed E-state index contributed by atoms with van der Waals surface area (Å²) < 4.78 is 1.84. The summed E-state index contributed by atoms with van der Waals surface area (Å²) in [5.74, 6) is 0.706. The Kier molecular flexibility index (Phi) is 2.74. The van der Waals surface area contributed by atoms with Crippen molar-refractivity contribution in [2.24, 2.45) is 0 Å². The zero-order chi connectivity index (χ0) is 16.3. The van der Waals surface area contributed by atoms with Crippen molar-refractivity contribution in [3.05, 3.63) is 57.4 Å². The Morgan fingerprint density at radius 1 is 1.22 bits per heavy atom. The third-order valence-electron chi connectivity index (χ3n) is 4.02. The Hall–Kier alpha value is -2.86. The summed E-state index contributed by atoms with van der Waals surface area (Å²) in [5, 5.41) is 13.2. The molecule has 0 saturated heterocycles. The van der Waals surface area contributed by atoms with Gasteiger partial charge in [-0.15, -0.1) is 0 Å². The molecule has 4 rings (SSSR count). The SMILES string of the molecule is Cc1nc2ccc(Cl)cc2c2c(N)c3ccc([N+](=O)[O-])cc3n12. The fraction of sp³-hybridized carbons (Fsp3) is 0.0625. The van der Waals surface area contributed by atoms with Crippen molar-refractivity contribution in [3.8, 4) is 0 Å². The van der Waals surface area contributed by atoms with Crippen LogP contribution in [0.4, 0.5) is 11.4 Å². The number of aryl methyl sites for hydroxylation is 1. The maximum Gasteiger partial charge on any atom is 0.271 e. The summed E-state index contributed by atoms with van der Waals surface area (Å²) >= 11 is 6.11. The molecule has 114 valence electrons. The Morgan fingerprint density at radius 2 is 2.00 bits per heavy atom. The van der Waals surface area contributed by atoms with E-state index in [9.17, 15) is 10.1 Å². The number of non-ortho nitro benzene ring substituents is 1. The van der Waals surface area contributed by atoms with Crippen molar-refractivity contribution in [2.75, 3.05) is 5.73 Å². The van der Waals surface area contributed by atoms with E-state index in [1.165, 1.54) is 12.1 Å². The fourth-order valence-corrected chi connectivity index (χ4v) is 3.21. The van der Waals surface area contributed by atoms with Crippen LogP contribution in [0.5, 0.6) is 0 Å². The van der Waals surface area contributed by atoms with E-state index in [0.717, 1.165) is 21.8 Å². The first-order chi connectivity index (χ1) is 11.0. The van der Waals surface area contributed by atoms with Gasteiger partial charge in [0.25, 0.3) is 5.69 Å². The summed E-state index contributed by atoms with van der Waals surface area (Å²) in [6, 6.07) is 10.1. The fourth-order valence-electron chi connectivity index (χ4n) is 3.04. The van der Waals surface area contributed by atoms with Gasteiger partial charge in [-0.05, 0) is 31.2 Å². The van der Waals surface area contributed by atoms with Crippen LogP contribution in [-0.2, 0) is 0 Å². The smallest absolute Gasteiger partial charge is 0.271 e. The van der Waals surface area contributed by atoms with Crippen LogP contribution in [0, 0.1) is 17.0 Å². The van der Waals surface area contributed by atoms with Gasteiger partial charge in [0.05, 0.1) is 27.2 Å². The van der Waals surface area contributed by atoms with Crippen molar-refractivity contribution in [3.63, 3.8) is 0 Å². The summed E-state index contributed by atoms with van der Waals surface area (Å²) in [6.07, 6.45) is 0. The quantitative estimate of drug-likeness (QED) is 0.421. The van der Waals surface area contributed by atoms with E-state index in [0.29, 0.717) is 22.1 Å². The number of hydrogen-bond donors (Lipinski definition) is 1. The van der Waals surface area contributed by atoms with Gasteiger partial charge in [-0.1, -0.05) is 11.6 Å². The highest BCUT2D eigenvalue weighted by atomic mass is 35.5. The van der Waals surface area contributed by atoms with Crippen molar-refractivity contribution in [2.45, 2.75) is 6.92 Å². The Bertz CT molecular complexity index is 1130. The van der Waals surface area contributed by atoms with Gasteiger partial charge < -0.3 is 5.73 Å². The van der Waals surface area contributed by atoms with Gasteiger partial charge in [0, 0.05) is 27.9 Å². The molecule has 0 bridgehead atoms. The van der Waals surface area contributed by atoms with Gasteiger partial charge in [-0.2, -0.15) is 0 Å². The second-order valence-corrected chi connectivity index (χ2v) is 5.81. The second kappa shape index (κ2) is 4.57. The molecule has 0 spiro atoms. The third kappa shape index (κ3) is 1.85. The average molecular weight is 327 g/mol. The molecule has 2 N–H and O–H groups in total. The molecular weight excluding hydrogens is 316 g/mol. The van der Waals surface area contributed by atoms with Crippen molar-refractivity contribution >= 4 is 50.3 Å². The Labute approximate surface area is 135 Å². The van der Waals surface area contributed by atoms with Crippen LogP contribution in [0.2, 0.25) is 5.02 Å². The molecule has 0 aliphatic rings. The molecule has 7 heteroatoms. The molecule has 23 heavy (non-hydrogen) atoms. The van der Waals surface area contributed by atoms with Gasteiger partial charge in [0.15, 0.2) is 0 Å². The molecule has 2 aromatic heterocycles. The van der Waals surface area contributed by atoms with Gasteiger partial charge in [-0.3, -0.25) is 14.5 Å². The molecule has 0 fully saturated rings. The zero-order valence-corrected chi connectivity index (χ0v) is 12.8. The molecule has 0 saturated carbocycles. The minimum Gasteiger partial charge on any atom is -0.396 e. The number of benzene rings is 2. The second-order valence-electron chi connectivity index (χ2n) is 5.38. The van der Waals surface area contributed by atoms with Crippen molar-refractivity contribution in [1.82, 2.24) is 9.38 Å².